The third-order valence-electron chi connectivity index (χ3n) is 6.42. The van der Waals surface area contributed by atoms with E-state index in [0.29, 0.717) is 41.6 Å². The highest BCUT2D eigenvalue weighted by Crippen LogP contribution is 2.30. The van der Waals surface area contributed by atoms with E-state index in [9.17, 15) is 14.0 Å². The zero-order valence-corrected chi connectivity index (χ0v) is 23.5. The van der Waals surface area contributed by atoms with Crippen LogP contribution in [0, 0.1) is 18.7 Å². The third kappa shape index (κ3) is 7.81. The van der Waals surface area contributed by atoms with Crippen LogP contribution in [0.25, 0.3) is 0 Å². The van der Waals surface area contributed by atoms with E-state index in [1.165, 1.54) is 6.07 Å². The SMILES string of the molecule is Cc1cc([C@H](C)NC(=O)c2cc(Cn3ccn(C)/c3=N\C(=O)OC(C)(C)C)cc(OCC3CC3)c2)ccc1F. The largest absolute Gasteiger partial charge is 0.493 e. The molecule has 0 radical (unpaired) electrons. The number of benzene rings is 2. The molecule has 2 aromatic carbocycles. The molecule has 2 amide bonds. The molecule has 1 aliphatic rings. The van der Waals surface area contributed by atoms with Crippen LogP contribution in [-0.4, -0.2) is 33.3 Å². The Bertz CT molecular complexity index is 1430. The number of carbonyl (C=O) groups excluding carboxylic acids is 2. The normalized spacial score (nSPS) is 14.7. The van der Waals surface area contributed by atoms with Gasteiger partial charge in [0.1, 0.15) is 17.2 Å². The van der Waals surface area contributed by atoms with Crippen molar-refractivity contribution in [1.29, 1.82) is 0 Å². The lowest BCUT2D eigenvalue weighted by Gasteiger charge is -2.17. The van der Waals surface area contributed by atoms with Crippen LogP contribution in [0.15, 0.2) is 53.8 Å². The minimum Gasteiger partial charge on any atom is -0.493 e. The molecule has 1 fully saturated rings. The van der Waals surface area contributed by atoms with Gasteiger partial charge in [-0.1, -0.05) is 12.1 Å². The molecule has 4 rings (SSSR count). The van der Waals surface area contributed by atoms with Crippen molar-refractivity contribution in [2.24, 2.45) is 18.0 Å². The Morgan fingerprint density at radius 3 is 2.56 bits per heavy atom. The maximum Gasteiger partial charge on any atom is 0.437 e. The van der Waals surface area contributed by atoms with Gasteiger partial charge in [-0.25, -0.2) is 9.18 Å². The fourth-order valence-electron chi connectivity index (χ4n) is 4.11. The first-order chi connectivity index (χ1) is 18.4. The molecule has 0 spiro atoms. The smallest absolute Gasteiger partial charge is 0.437 e. The van der Waals surface area contributed by atoms with Crippen molar-refractivity contribution in [3.8, 4) is 5.75 Å². The Hall–Kier alpha value is -3.88. The molecule has 0 bridgehead atoms. The van der Waals surface area contributed by atoms with E-state index < -0.39 is 11.7 Å². The van der Waals surface area contributed by atoms with Crippen molar-refractivity contribution in [3.05, 3.63) is 82.5 Å². The van der Waals surface area contributed by atoms with Crippen LogP contribution >= 0.6 is 0 Å². The summed E-state index contributed by atoms with van der Waals surface area (Å²) >= 11 is 0. The lowest BCUT2D eigenvalue weighted by molar-refractivity contribution is 0.0593. The standard InChI is InChI=1S/C30H37FN4O4/c1-19-13-23(9-10-26(19)31)20(2)32-27(36)24-14-22(15-25(16-24)38-18-21-7-8-21)17-35-12-11-34(6)28(35)33-29(37)39-30(3,4)5/h9-16,20-21H,7-8,17-18H2,1-6H3,(H,32,36)/b33-28+/t20-/m0/s1. The number of carbonyl (C=O) groups is 2. The topological polar surface area (TPSA) is 86.9 Å². The van der Waals surface area contributed by atoms with Crippen LogP contribution in [-0.2, 0) is 18.3 Å². The van der Waals surface area contributed by atoms with Crippen LogP contribution in [0.5, 0.6) is 5.75 Å². The van der Waals surface area contributed by atoms with Crippen molar-refractivity contribution in [1.82, 2.24) is 14.5 Å². The molecule has 3 aromatic rings. The number of halogens is 1. The molecule has 8 nitrogen and oxygen atoms in total. The van der Waals surface area contributed by atoms with Crippen molar-refractivity contribution in [2.75, 3.05) is 6.61 Å². The molecular formula is C30H37FN4O4. The number of nitrogens with one attached hydrogen (secondary N) is 1. The summed E-state index contributed by atoms with van der Waals surface area (Å²) in [5.41, 5.74) is 2.37. The van der Waals surface area contributed by atoms with Gasteiger partial charge in [-0.05, 0) is 94.3 Å². The summed E-state index contributed by atoms with van der Waals surface area (Å²) < 4.78 is 28.7. The van der Waals surface area contributed by atoms with Crippen LogP contribution in [0.4, 0.5) is 9.18 Å². The molecule has 1 atom stereocenters. The van der Waals surface area contributed by atoms with Crippen LogP contribution < -0.4 is 15.7 Å². The van der Waals surface area contributed by atoms with Gasteiger partial charge in [0.15, 0.2) is 0 Å². The predicted octanol–water partition coefficient (Wildman–Crippen LogP) is 5.44. The highest BCUT2D eigenvalue weighted by Gasteiger charge is 2.23. The van der Waals surface area contributed by atoms with E-state index in [1.54, 1.807) is 69.8 Å². The van der Waals surface area contributed by atoms with Crippen LogP contribution in [0.2, 0.25) is 0 Å². The van der Waals surface area contributed by atoms with Crippen molar-refractivity contribution >= 4 is 12.0 Å². The molecule has 1 aliphatic carbocycles. The lowest BCUT2D eigenvalue weighted by Crippen LogP contribution is -2.29. The van der Waals surface area contributed by atoms with E-state index in [-0.39, 0.29) is 17.8 Å². The van der Waals surface area contributed by atoms with Gasteiger partial charge in [0.05, 0.1) is 19.2 Å². The Labute approximate surface area is 228 Å². The molecule has 1 N–H and O–H groups in total. The van der Waals surface area contributed by atoms with E-state index in [1.807, 2.05) is 23.8 Å². The molecule has 1 heterocycles. The van der Waals surface area contributed by atoms with Gasteiger partial charge in [0, 0.05) is 25.0 Å². The summed E-state index contributed by atoms with van der Waals surface area (Å²) in [7, 11) is 1.80. The second-order valence-corrected chi connectivity index (χ2v) is 11.3. The van der Waals surface area contributed by atoms with Crippen molar-refractivity contribution < 1.29 is 23.5 Å². The number of imidazole rings is 1. The maximum absolute atomic E-state index is 13.7. The zero-order chi connectivity index (χ0) is 28.3. The molecule has 39 heavy (non-hydrogen) atoms. The van der Waals surface area contributed by atoms with Gasteiger partial charge < -0.3 is 23.9 Å². The summed E-state index contributed by atoms with van der Waals surface area (Å²) in [4.78, 5) is 29.9. The van der Waals surface area contributed by atoms with Gasteiger partial charge in [0.25, 0.3) is 5.91 Å². The number of nitrogens with zero attached hydrogens (tertiary/aromatic N) is 3. The molecule has 208 valence electrons. The minimum absolute atomic E-state index is 0.265. The second-order valence-electron chi connectivity index (χ2n) is 11.3. The van der Waals surface area contributed by atoms with Gasteiger partial charge in [-0.2, -0.15) is 0 Å². The number of amides is 2. The number of hydrogen-bond donors (Lipinski definition) is 1. The predicted molar refractivity (Wildman–Crippen MR) is 146 cm³/mol. The first-order valence-corrected chi connectivity index (χ1v) is 13.2. The number of hydrogen-bond acceptors (Lipinski definition) is 4. The summed E-state index contributed by atoms with van der Waals surface area (Å²) in [5.74, 6) is 0.616. The summed E-state index contributed by atoms with van der Waals surface area (Å²) in [6.45, 7) is 9.89. The van der Waals surface area contributed by atoms with Gasteiger partial charge in [0.2, 0.25) is 5.62 Å². The van der Waals surface area contributed by atoms with E-state index >= 15 is 0 Å². The molecule has 1 saturated carbocycles. The Morgan fingerprint density at radius 2 is 1.90 bits per heavy atom. The second kappa shape index (κ2) is 11.5. The molecule has 9 heteroatoms. The molecular weight excluding hydrogens is 499 g/mol. The Balaban J connectivity index is 1.60. The molecule has 1 aromatic heterocycles. The van der Waals surface area contributed by atoms with Gasteiger partial charge in [-0.3, -0.25) is 4.79 Å². The zero-order valence-electron chi connectivity index (χ0n) is 23.5. The Morgan fingerprint density at radius 1 is 1.15 bits per heavy atom. The van der Waals surface area contributed by atoms with Crippen molar-refractivity contribution in [3.63, 3.8) is 0 Å². The van der Waals surface area contributed by atoms with Crippen LogP contribution in [0.3, 0.4) is 0 Å². The fourth-order valence-corrected chi connectivity index (χ4v) is 4.11. The highest BCUT2D eigenvalue weighted by molar-refractivity contribution is 5.95. The number of ether oxygens (including phenoxy) is 2. The average molecular weight is 537 g/mol. The fraction of sp³-hybridized carbons (Fsp3) is 0.433. The van der Waals surface area contributed by atoms with E-state index in [2.05, 4.69) is 10.3 Å². The maximum atomic E-state index is 13.7. The van der Waals surface area contributed by atoms with Crippen molar-refractivity contribution in [2.45, 2.75) is 65.6 Å². The van der Waals surface area contributed by atoms with E-state index in [0.717, 1.165) is 24.0 Å². The monoisotopic (exact) mass is 536 g/mol. The minimum atomic E-state index is -0.676. The van der Waals surface area contributed by atoms with E-state index in [4.69, 9.17) is 9.47 Å². The Kier molecular flexibility index (Phi) is 8.28. The first-order valence-electron chi connectivity index (χ1n) is 13.2. The molecule has 0 unspecified atom stereocenters. The first kappa shape index (κ1) is 28.1. The average Bonchev–Trinajstić information content (AvgIpc) is 3.63. The van der Waals surface area contributed by atoms with Gasteiger partial charge in [-0.15, -0.1) is 4.99 Å². The molecule has 0 aliphatic heterocycles. The quantitative estimate of drug-likeness (QED) is 0.416. The summed E-state index contributed by atoms with van der Waals surface area (Å²) in [6, 6.07) is 9.96. The number of aromatic nitrogens is 2. The van der Waals surface area contributed by atoms with Gasteiger partial charge >= 0.3 is 6.09 Å². The number of aryl methyl sites for hydroxylation is 2. The molecule has 0 saturated heterocycles. The summed E-state index contributed by atoms with van der Waals surface area (Å²) in [5, 5.41) is 3.01. The summed E-state index contributed by atoms with van der Waals surface area (Å²) in [6.07, 6.45) is 5.24. The third-order valence-corrected chi connectivity index (χ3v) is 6.42. The number of rotatable bonds is 8. The van der Waals surface area contributed by atoms with Crippen LogP contribution in [0.1, 0.15) is 73.6 Å². The lowest BCUT2D eigenvalue weighted by atomic mass is 10.0. The highest BCUT2D eigenvalue weighted by atomic mass is 19.1.